The van der Waals surface area contributed by atoms with Crippen LogP contribution in [0.5, 0.6) is 0 Å². The maximum atomic E-state index is 5.87. The number of aromatic nitrogens is 2. The molecule has 1 aliphatic rings. The maximum absolute atomic E-state index is 5.87. The zero-order valence-corrected chi connectivity index (χ0v) is 12.1. The Morgan fingerprint density at radius 3 is 2.58 bits per heavy atom. The number of thiazole rings is 1. The Morgan fingerprint density at radius 1 is 1.11 bits per heavy atom. The van der Waals surface area contributed by atoms with E-state index < -0.39 is 0 Å². The van der Waals surface area contributed by atoms with Crippen molar-refractivity contribution in [3.05, 3.63) is 35.5 Å². The fourth-order valence-corrected chi connectivity index (χ4v) is 3.08. The molecule has 0 bridgehead atoms. The summed E-state index contributed by atoms with van der Waals surface area (Å²) in [6.45, 7) is 3.91. The van der Waals surface area contributed by atoms with Gasteiger partial charge in [0.1, 0.15) is 5.82 Å². The molecule has 1 saturated heterocycles. The molecule has 0 N–H and O–H groups in total. The Kier molecular flexibility index (Phi) is 3.84. The predicted octanol–water partition coefficient (Wildman–Crippen LogP) is 2.60. The van der Waals surface area contributed by atoms with Gasteiger partial charge in [-0.1, -0.05) is 0 Å². The lowest BCUT2D eigenvalue weighted by Gasteiger charge is -2.35. The molecule has 0 atom stereocenters. The molecular weight excluding hydrogens is 280 g/mol. The van der Waals surface area contributed by atoms with Crippen molar-refractivity contribution in [2.45, 2.75) is 5.88 Å². The SMILES string of the molecule is ClCc1ccnc(N2CCN(c3nccs3)CC2)c1. The molecule has 3 heterocycles. The molecule has 0 aromatic carbocycles. The fraction of sp³-hybridized carbons (Fsp3) is 0.385. The van der Waals surface area contributed by atoms with Crippen LogP contribution < -0.4 is 9.80 Å². The Bertz CT molecular complexity index is 523. The lowest BCUT2D eigenvalue weighted by molar-refractivity contribution is 0.646. The van der Waals surface area contributed by atoms with E-state index in [9.17, 15) is 0 Å². The predicted molar refractivity (Wildman–Crippen MR) is 80.3 cm³/mol. The molecule has 1 fully saturated rings. The molecule has 2 aromatic heterocycles. The molecule has 100 valence electrons. The lowest BCUT2D eigenvalue weighted by atomic mass is 10.2. The van der Waals surface area contributed by atoms with Crippen LogP contribution in [0.1, 0.15) is 5.56 Å². The first kappa shape index (κ1) is 12.7. The first-order chi connectivity index (χ1) is 9.36. The van der Waals surface area contributed by atoms with Crippen LogP contribution in [0, 0.1) is 0 Å². The second-order valence-corrected chi connectivity index (χ2v) is 5.58. The summed E-state index contributed by atoms with van der Waals surface area (Å²) in [5, 5.41) is 3.13. The number of piperazine rings is 1. The normalized spacial score (nSPS) is 15.8. The van der Waals surface area contributed by atoms with E-state index >= 15 is 0 Å². The summed E-state index contributed by atoms with van der Waals surface area (Å²) in [5.74, 6) is 1.56. The van der Waals surface area contributed by atoms with Gasteiger partial charge in [0, 0.05) is 49.8 Å². The molecule has 0 spiro atoms. The third-order valence-electron chi connectivity index (χ3n) is 3.26. The van der Waals surface area contributed by atoms with Crippen LogP contribution >= 0.6 is 22.9 Å². The second kappa shape index (κ2) is 5.75. The van der Waals surface area contributed by atoms with E-state index in [0.29, 0.717) is 5.88 Å². The highest BCUT2D eigenvalue weighted by atomic mass is 35.5. The molecule has 0 radical (unpaired) electrons. The van der Waals surface area contributed by atoms with Gasteiger partial charge in [0.05, 0.1) is 0 Å². The topological polar surface area (TPSA) is 32.3 Å². The average Bonchev–Trinajstić information content (AvgIpc) is 3.02. The van der Waals surface area contributed by atoms with Crippen molar-refractivity contribution < 1.29 is 0 Å². The molecule has 0 aliphatic carbocycles. The van der Waals surface area contributed by atoms with E-state index in [1.54, 1.807) is 11.3 Å². The largest absolute Gasteiger partial charge is 0.353 e. The third-order valence-corrected chi connectivity index (χ3v) is 4.40. The first-order valence-corrected chi connectivity index (χ1v) is 7.68. The van der Waals surface area contributed by atoms with Crippen molar-refractivity contribution in [2.24, 2.45) is 0 Å². The molecule has 2 aromatic rings. The van der Waals surface area contributed by atoms with E-state index in [4.69, 9.17) is 11.6 Å². The highest BCUT2D eigenvalue weighted by Gasteiger charge is 2.19. The highest BCUT2D eigenvalue weighted by molar-refractivity contribution is 7.13. The van der Waals surface area contributed by atoms with E-state index in [1.807, 2.05) is 23.8 Å². The van der Waals surface area contributed by atoms with Crippen molar-refractivity contribution in [1.29, 1.82) is 0 Å². The van der Waals surface area contributed by atoms with Gasteiger partial charge in [0.2, 0.25) is 0 Å². The van der Waals surface area contributed by atoms with Crippen LogP contribution in [0.15, 0.2) is 29.9 Å². The minimum Gasteiger partial charge on any atom is -0.353 e. The van der Waals surface area contributed by atoms with Gasteiger partial charge in [-0.2, -0.15) is 0 Å². The fourth-order valence-electron chi connectivity index (χ4n) is 2.22. The van der Waals surface area contributed by atoms with Gasteiger partial charge in [0.25, 0.3) is 0 Å². The van der Waals surface area contributed by atoms with Gasteiger partial charge >= 0.3 is 0 Å². The maximum Gasteiger partial charge on any atom is 0.185 e. The van der Waals surface area contributed by atoms with Crippen LogP contribution in [-0.2, 0) is 5.88 Å². The second-order valence-electron chi connectivity index (χ2n) is 4.44. The van der Waals surface area contributed by atoms with Gasteiger partial charge < -0.3 is 9.80 Å². The average molecular weight is 295 g/mol. The highest BCUT2D eigenvalue weighted by Crippen LogP contribution is 2.21. The van der Waals surface area contributed by atoms with Crippen molar-refractivity contribution >= 4 is 33.9 Å². The summed E-state index contributed by atoms with van der Waals surface area (Å²) >= 11 is 7.56. The summed E-state index contributed by atoms with van der Waals surface area (Å²) in [5.41, 5.74) is 1.12. The minimum absolute atomic E-state index is 0.536. The molecule has 1 aliphatic heterocycles. The standard InChI is InChI=1S/C13H15ClN4S/c14-10-11-1-2-15-12(9-11)17-4-6-18(7-5-17)13-16-3-8-19-13/h1-3,8-9H,4-7,10H2. The number of hydrogen-bond acceptors (Lipinski definition) is 5. The number of rotatable bonds is 3. The Hall–Kier alpha value is -1.33. The summed E-state index contributed by atoms with van der Waals surface area (Å²) < 4.78 is 0. The van der Waals surface area contributed by atoms with Crippen LogP contribution in [0.4, 0.5) is 10.9 Å². The number of nitrogens with zero attached hydrogens (tertiary/aromatic N) is 4. The van der Waals surface area contributed by atoms with Gasteiger partial charge in [0.15, 0.2) is 5.13 Å². The number of hydrogen-bond donors (Lipinski definition) is 0. The lowest BCUT2D eigenvalue weighted by Crippen LogP contribution is -2.46. The van der Waals surface area contributed by atoms with Crippen molar-refractivity contribution in [1.82, 2.24) is 9.97 Å². The molecule has 0 unspecified atom stereocenters. The van der Waals surface area contributed by atoms with Crippen LogP contribution in [0.3, 0.4) is 0 Å². The zero-order chi connectivity index (χ0) is 13.1. The van der Waals surface area contributed by atoms with E-state index in [1.165, 1.54) is 0 Å². The minimum atomic E-state index is 0.536. The third kappa shape index (κ3) is 2.82. The summed E-state index contributed by atoms with van der Waals surface area (Å²) in [4.78, 5) is 13.4. The molecule has 19 heavy (non-hydrogen) atoms. The molecule has 4 nitrogen and oxygen atoms in total. The number of halogens is 1. The zero-order valence-electron chi connectivity index (χ0n) is 10.5. The van der Waals surface area contributed by atoms with Crippen molar-refractivity contribution in [3.8, 4) is 0 Å². The monoisotopic (exact) mass is 294 g/mol. The van der Waals surface area contributed by atoms with E-state index in [-0.39, 0.29) is 0 Å². The van der Waals surface area contributed by atoms with Crippen LogP contribution in [0.25, 0.3) is 0 Å². The summed E-state index contributed by atoms with van der Waals surface area (Å²) in [6.07, 6.45) is 3.69. The van der Waals surface area contributed by atoms with Crippen molar-refractivity contribution in [3.63, 3.8) is 0 Å². The van der Waals surface area contributed by atoms with Crippen molar-refractivity contribution in [2.75, 3.05) is 36.0 Å². The van der Waals surface area contributed by atoms with Gasteiger partial charge in [-0.15, -0.1) is 22.9 Å². The Morgan fingerprint density at radius 2 is 1.89 bits per heavy atom. The van der Waals surface area contributed by atoms with Crippen LogP contribution in [-0.4, -0.2) is 36.1 Å². The summed E-state index contributed by atoms with van der Waals surface area (Å²) in [6, 6.07) is 4.04. The molecule has 3 rings (SSSR count). The van der Waals surface area contributed by atoms with Crippen LogP contribution in [0.2, 0.25) is 0 Å². The number of anilines is 2. The first-order valence-electron chi connectivity index (χ1n) is 6.27. The number of pyridine rings is 1. The molecule has 0 saturated carbocycles. The van der Waals surface area contributed by atoms with Gasteiger partial charge in [-0.25, -0.2) is 9.97 Å². The molecule has 6 heteroatoms. The molecule has 0 amide bonds. The van der Waals surface area contributed by atoms with E-state index in [2.05, 4.69) is 25.8 Å². The summed E-state index contributed by atoms with van der Waals surface area (Å²) in [7, 11) is 0. The Labute approximate surface area is 121 Å². The Balaban J connectivity index is 1.66. The number of alkyl halides is 1. The smallest absolute Gasteiger partial charge is 0.185 e. The van der Waals surface area contributed by atoms with E-state index in [0.717, 1.165) is 42.7 Å². The molecular formula is C13H15ClN4S. The quantitative estimate of drug-likeness (QED) is 0.815. The van der Waals surface area contributed by atoms with Gasteiger partial charge in [-0.3, -0.25) is 0 Å². The van der Waals surface area contributed by atoms with Gasteiger partial charge in [-0.05, 0) is 17.7 Å².